The van der Waals surface area contributed by atoms with Crippen molar-refractivity contribution in [3.8, 4) is 11.8 Å². The van der Waals surface area contributed by atoms with E-state index in [2.05, 4.69) is 0 Å². The van der Waals surface area contributed by atoms with Crippen molar-refractivity contribution in [2.75, 3.05) is 27.2 Å². The van der Waals surface area contributed by atoms with E-state index in [1.807, 2.05) is 6.07 Å². The van der Waals surface area contributed by atoms with Gasteiger partial charge in [0.2, 0.25) is 0 Å². The Kier molecular flexibility index (Phi) is 3.89. The molecule has 1 heterocycles. The topological polar surface area (TPSA) is 73.6 Å². The van der Waals surface area contributed by atoms with Gasteiger partial charge >= 0.3 is 11.8 Å². The van der Waals surface area contributed by atoms with Gasteiger partial charge in [-0.05, 0) is 17.7 Å². The molecule has 0 aliphatic carbocycles. The summed E-state index contributed by atoms with van der Waals surface area (Å²) < 4.78 is 5.13. The number of nitrogens with zero attached hydrogens (tertiary/aromatic N) is 3. The van der Waals surface area contributed by atoms with Gasteiger partial charge in [-0.25, -0.2) is 0 Å². The number of ether oxygens (including phenoxy) is 1. The lowest BCUT2D eigenvalue weighted by molar-refractivity contribution is -0.155. The summed E-state index contributed by atoms with van der Waals surface area (Å²) in [4.78, 5) is 26.4. The number of amides is 2. The van der Waals surface area contributed by atoms with Gasteiger partial charge in [0, 0.05) is 26.7 Å². The van der Waals surface area contributed by atoms with Crippen molar-refractivity contribution in [2.45, 2.75) is 6.54 Å². The van der Waals surface area contributed by atoms with Crippen molar-refractivity contribution in [1.82, 2.24) is 9.80 Å². The predicted molar refractivity (Wildman–Crippen MR) is 70.8 cm³/mol. The number of carbonyl (C=O) groups excluding carboxylic acids is 2. The first-order valence-corrected chi connectivity index (χ1v) is 6.18. The van der Waals surface area contributed by atoms with Crippen LogP contribution in [-0.4, -0.2) is 48.9 Å². The molecule has 1 saturated heterocycles. The molecule has 6 heteroatoms. The molecular weight excluding hydrogens is 258 g/mol. The van der Waals surface area contributed by atoms with Crippen molar-refractivity contribution in [3.63, 3.8) is 0 Å². The molecule has 0 bridgehead atoms. The van der Waals surface area contributed by atoms with Crippen molar-refractivity contribution >= 4 is 11.8 Å². The first-order valence-electron chi connectivity index (χ1n) is 6.18. The predicted octanol–water partition coefficient (Wildman–Crippen LogP) is 0.367. The van der Waals surface area contributed by atoms with Gasteiger partial charge in [-0.15, -0.1) is 0 Å². The van der Waals surface area contributed by atoms with E-state index in [0.29, 0.717) is 30.9 Å². The Bertz CT molecular complexity index is 592. The molecule has 0 atom stereocenters. The summed E-state index contributed by atoms with van der Waals surface area (Å²) in [5.41, 5.74) is 1.27. The summed E-state index contributed by atoms with van der Waals surface area (Å²) in [6.45, 7) is 1.36. The number of likely N-dealkylation sites (N-methyl/N-ethyl adjacent to an activating group) is 1. The third-order valence-electron chi connectivity index (χ3n) is 3.28. The van der Waals surface area contributed by atoms with Gasteiger partial charge in [0.1, 0.15) is 11.8 Å². The molecule has 1 aliphatic rings. The fourth-order valence-electron chi connectivity index (χ4n) is 2.07. The third kappa shape index (κ3) is 2.57. The number of rotatable bonds is 3. The van der Waals surface area contributed by atoms with Crippen LogP contribution in [0.15, 0.2) is 18.2 Å². The smallest absolute Gasteiger partial charge is 0.312 e. The van der Waals surface area contributed by atoms with Gasteiger partial charge in [-0.2, -0.15) is 5.26 Å². The Labute approximate surface area is 117 Å². The number of carbonyl (C=O) groups is 2. The second-order valence-electron chi connectivity index (χ2n) is 4.60. The molecule has 6 nitrogen and oxygen atoms in total. The maximum absolute atomic E-state index is 11.9. The third-order valence-corrected chi connectivity index (χ3v) is 3.28. The van der Waals surface area contributed by atoms with E-state index in [1.165, 1.54) is 16.9 Å². The van der Waals surface area contributed by atoms with Crippen LogP contribution in [0.25, 0.3) is 0 Å². The number of benzene rings is 1. The van der Waals surface area contributed by atoms with E-state index in [9.17, 15) is 9.59 Å². The van der Waals surface area contributed by atoms with E-state index in [1.54, 1.807) is 25.2 Å². The van der Waals surface area contributed by atoms with E-state index in [4.69, 9.17) is 10.00 Å². The Hall–Kier alpha value is -2.55. The van der Waals surface area contributed by atoms with Crippen molar-refractivity contribution < 1.29 is 14.3 Å². The lowest BCUT2D eigenvalue weighted by Gasteiger charge is -2.31. The van der Waals surface area contributed by atoms with Gasteiger partial charge in [0.15, 0.2) is 0 Å². The van der Waals surface area contributed by atoms with E-state index < -0.39 is 11.8 Å². The molecule has 1 aliphatic heterocycles. The maximum atomic E-state index is 11.9. The molecule has 104 valence electrons. The van der Waals surface area contributed by atoms with Crippen molar-refractivity contribution in [1.29, 1.82) is 5.26 Å². The van der Waals surface area contributed by atoms with E-state index in [0.717, 1.165) is 5.56 Å². The van der Waals surface area contributed by atoms with Crippen LogP contribution in [-0.2, 0) is 16.1 Å². The summed E-state index contributed by atoms with van der Waals surface area (Å²) in [6, 6.07) is 7.16. The maximum Gasteiger partial charge on any atom is 0.312 e. The van der Waals surface area contributed by atoms with Crippen molar-refractivity contribution in [2.24, 2.45) is 0 Å². The molecule has 0 saturated carbocycles. The molecule has 0 aromatic heterocycles. The van der Waals surface area contributed by atoms with Gasteiger partial charge in [-0.3, -0.25) is 9.59 Å². The molecule has 0 spiro atoms. The fraction of sp³-hybridized carbons (Fsp3) is 0.357. The van der Waals surface area contributed by atoms with Gasteiger partial charge in [0.05, 0.1) is 12.7 Å². The van der Waals surface area contributed by atoms with Crippen LogP contribution in [0.2, 0.25) is 0 Å². The van der Waals surface area contributed by atoms with Crippen LogP contribution < -0.4 is 4.74 Å². The fourth-order valence-corrected chi connectivity index (χ4v) is 2.07. The average Bonchev–Trinajstić information content (AvgIpc) is 2.47. The highest BCUT2D eigenvalue weighted by atomic mass is 16.5. The Morgan fingerprint density at radius 2 is 2.05 bits per heavy atom. The number of nitriles is 1. The molecule has 1 aromatic carbocycles. The van der Waals surface area contributed by atoms with E-state index in [-0.39, 0.29) is 0 Å². The van der Waals surface area contributed by atoms with Gasteiger partial charge < -0.3 is 14.5 Å². The highest BCUT2D eigenvalue weighted by Crippen LogP contribution is 2.20. The van der Waals surface area contributed by atoms with Gasteiger partial charge in [-0.1, -0.05) is 6.07 Å². The largest absolute Gasteiger partial charge is 0.495 e. The molecule has 1 fully saturated rings. The number of piperazine rings is 1. The minimum atomic E-state index is -0.498. The Morgan fingerprint density at radius 1 is 1.30 bits per heavy atom. The summed E-state index contributed by atoms with van der Waals surface area (Å²) >= 11 is 0. The first kappa shape index (κ1) is 13.9. The SMILES string of the molecule is COc1cc(CN2CCN(C)C(=O)C2=O)ccc1C#N. The average molecular weight is 273 g/mol. The monoisotopic (exact) mass is 273 g/mol. The standard InChI is InChI=1S/C14H15N3O3/c1-16-5-6-17(14(19)13(16)18)9-10-3-4-11(8-15)12(7-10)20-2/h3-4,7H,5-6,9H2,1-2H3. The van der Waals surface area contributed by atoms with Crippen LogP contribution in [0.4, 0.5) is 0 Å². The zero-order valence-electron chi connectivity index (χ0n) is 11.4. The minimum Gasteiger partial charge on any atom is -0.495 e. The first-order chi connectivity index (χ1) is 9.56. The summed E-state index contributed by atoms with van der Waals surface area (Å²) in [6.07, 6.45) is 0. The number of hydrogen-bond donors (Lipinski definition) is 0. The van der Waals surface area contributed by atoms with Crippen LogP contribution in [0.1, 0.15) is 11.1 Å². The van der Waals surface area contributed by atoms with Gasteiger partial charge in [0.25, 0.3) is 0 Å². The zero-order chi connectivity index (χ0) is 14.7. The lowest BCUT2D eigenvalue weighted by atomic mass is 10.1. The summed E-state index contributed by atoms with van der Waals surface area (Å²) in [5.74, 6) is -0.517. The van der Waals surface area contributed by atoms with Crippen LogP contribution in [0.5, 0.6) is 5.75 Å². The molecule has 1 aromatic rings. The molecule has 20 heavy (non-hydrogen) atoms. The molecular formula is C14H15N3O3. The van der Waals surface area contributed by atoms with E-state index >= 15 is 0 Å². The minimum absolute atomic E-state index is 0.334. The highest BCUT2D eigenvalue weighted by molar-refractivity contribution is 6.35. The molecule has 2 rings (SSSR count). The summed E-state index contributed by atoms with van der Waals surface area (Å²) in [7, 11) is 3.10. The Morgan fingerprint density at radius 3 is 2.70 bits per heavy atom. The number of hydrogen-bond acceptors (Lipinski definition) is 4. The molecule has 0 unspecified atom stereocenters. The number of methoxy groups -OCH3 is 1. The Balaban J connectivity index is 2.17. The molecule has 2 amide bonds. The zero-order valence-corrected chi connectivity index (χ0v) is 11.4. The normalized spacial score (nSPS) is 15.2. The van der Waals surface area contributed by atoms with Crippen LogP contribution in [0, 0.1) is 11.3 Å². The quantitative estimate of drug-likeness (QED) is 0.746. The second kappa shape index (κ2) is 5.61. The second-order valence-corrected chi connectivity index (χ2v) is 4.60. The lowest BCUT2D eigenvalue weighted by Crippen LogP contribution is -2.52. The van der Waals surface area contributed by atoms with Crippen LogP contribution in [0.3, 0.4) is 0 Å². The van der Waals surface area contributed by atoms with Crippen LogP contribution >= 0.6 is 0 Å². The molecule has 0 N–H and O–H groups in total. The van der Waals surface area contributed by atoms with Crippen molar-refractivity contribution in [3.05, 3.63) is 29.3 Å². The molecule has 0 radical (unpaired) electrons. The highest BCUT2D eigenvalue weighted by Gasteiger charge is 2.30. The summed E-state index contributed by atoms with van der Waals surface area (Å²) in [5, 5.41) is 8.92.